The van der Waals surface area contributed by atoms with Crippen molar-refractivity contribution < 1.29 is 14.6 Å². The van der Waals surface area contributed by atoms with Crippen molar-refractivity contribution in [3.05, 3.63) is 12.5 Å². The predicted molar refractivity (Wildman–Crippen MR) is 66.6 cm³/mol. The van der Waals surface area contributed by atoms with Gasteiger partial charge in [-0.3, -0.25) is 0 Å². The third-order valence-electron chi connectivity index (χ3n) is 2.88. The van der Waals surface area contributed by atoms with Crippen LogP contribution in [0.2, 0.25) is 0 Å². The average Bonchev–Trinajstić information content (AvgIpc) is 3.02. The molecule has 19 heavy (non-hydrogen) atoms. The van der Waals surface area contributed by atoms with Gasteiger partial charge in [-0.25, -0.2) is 19.5 Å². The highest BCUT2D eigenvalue weighted by atomic mass is 16.7. The Labute approximate surface area is 109 Å². The summed E-state index contributed by atoms with van der Waals surface area (Å²) in [7, 11) is 3.76. The number of hydrogen-bond acceptors (Lipinski definition) is 7. The van der Waals surface area contributed by atoms with Gasteiger partial charge in [0, 0.05) is 14.1 Å². The van der Waals surface area contributed by atoms with Crippen LogP contribution in [-0.2, 0) is 9.47 Å². The second-order valence-electron chi connectivity index (χ2n) is 4.49. The largest absolute Gasteiger partial charge is 0.394 e. The normalized spacial score (nSPS) is 23.1. The van der Waals surface area contributed by atoms with E-state index >= 15 is 0 Å². The summed E-state index contributed by atoms with van der Waals surface area (Å²) in [6, 6.07) is 0. The van der Waals surface area contributed by atoms with E-state index in [1.54, 1.807) is 10.8 Å². The van der Waals surface area contributed by atoms with E-state index in [-0.39, 0.29) is 12.7 Å². The molecule has 0 aromatic carbocycles. The molecule has 1 saturated heterocycles. The maximum absolute atomic E-state index is 9.11. The Hall–Kier alpha value is -1.77. The maximum Gasteiger partial charge on any atom is 0.248 e. The molecular weight excluding hydrogens is 250 g/mol. The standard InChI is InChI=1S/C11H15N5O3/c1-15(2)10-14-8-3-12-6-13-9(8)16(10)11-18-5-7(4-17)19-11/h3,6-7,11,17H,4-5H2,1-2H3/t7-,11+/m1/s1. The topological polar surface area (TPSA) is 85.5 Å². The lowest BCUT2D eigenvalue weighted by Gasteiger charge is -2.18. The predicted octanol–water partition coefficient (Wildman–Crippen LogP) is -0.244. The first-order valence-electron chi connectivity index (χ1n) is 5.94. The Balaban J connectivity index is 2.08. The van der Waals surface area contributed by atoms with E-state index in [1.165, 1.54) is 6.33 Å². The summed E-state index contributed by atoms with van der Waals surface area (Å²) in [5.41, 5.74) is 1.31. The molecule has 0 aliphatic carbocycles. The van der Waals surface area contributed by atoms with Gasteiger partial charge in [-0.15, -0.1) is 0 Å². The van der Waals surface area contributed by atoms with Gasteiger partial charge in [0.25, 0.3) is 0 Å². The van der Waals surface area contributed by atoms with Crippen LogP contribution in [0.4, 0.5) is 5.95 Å². The number of aromatic nitrogens is 4. The minimum Gasteiger partial charge on any atom is -0.394 e. The number of imidazole rings is 1. The van der Waals surface area contributed by atoms with E-state index in [4.69, 9.17) is 14.6 Å². The molecule has 3 rings (SSSR count). The Bertz CT molecular complexity index is 585. The van der Waals surface area contributed by atoms with Gasteiger partial charge >= 0.3 is 0 Å². The zero-order valence-corrected chi connectivity index (χ0v) is 10.7. The van der Waals surface area contributed by atoms with Crippen LogP contribution in [0.1, 0.15) is 6.41 Å². The van der Waals surface area contributed by atoms with Gasteiger partial charge in [0.1, 0.15) is 17.9 Å². The molecule has 1 N–H and O–H groups in total. The lowest BCUT2D eigenvalue weighted by Crippen LogP contribution is -2.21. The van der Waals surface area contributed by atoms with Crippen molar-refractivity contribution in [3.8, 4) is 0 Å². The van der Waals surface area contributed by atoms with Crippen LogP contribution in [0.15, 0.2) is 12.5 Å². The molecule has 1 aliphatic rings. The molecule has 2 aromatic rings. The fraction of sp³-hybridized carbons (Fsp3) is 0.545. The SMILES string of the molecule is CN(C)c1nc2cncnc2n1[C@H]1OC[C@@H](CO)O1. The summed E-state index contributed by atoms with van der Waals surface area (Å²) in [6.45, 7) is 0.272. The van der Waals surface area contributed by atoms with Gasteiger partial charge in [-0.05, 0) is 0 Å². The summed E-state index contributed by atoms with van der Waals surface area (Å²) in [5.74, 6) is 0.666. The van der Waals surface area contributed by atoms with Gasteiger partial charge in [-0.2, -0.15) is 0 Å². The second kappa shape index (κ2) is 4.72. The van der Waals surface area contributed by atoms with Gasteiger partial charge < -0.3 is 19.5 Å². The molecule has 8 heteroatoms. The fourth-order valence-electron chi connectivity index (χ4n) is 2.01. The Morgan fingerprint density at radius 2 is 2.37 bits per heavy atom. The summed E-state index contributed by atoms with van der Waals surface area (Å²) in [4.78, 5) is 14.5. The molecule has 0 bridgehead atoms. The van der Waals surface area contributed by atoms with E-state index in [0.29, 0.717) is 23.7 Å². The van der Waals surface area contributed by atoms with Crippen LogP contribution < -0.4 is 4.90 Å². The number of ether oxygens (including phenoxy) is 2. The summed E-state index contributed by atoms with van der Waals surface area (Å²) in [5, 5.41) is 9.11. The number of hydrogen-bond donors (Lipinski definition) is 1. The minimum atomic E-state index is -0.630. The molecule has 2 atom stereocenters. The first-order valence-corrected chi connectivity index (χ1v) is 5.94. The van der Waals surface area contributed by atoms with Gasteiger partial charge in [0.2, 0.25) is 12.4 Å². The zero-order chi connectivity index (χ0) is 13.4. The van der Waals surface area contributed by atoms with E-state index in [9.17, 15) is 0 Å². The van der Waals surface area contributed by atoms with Crippen LogP contribution >= 0.6 is 0 Å². The number of rotatable bonds is 3. The van der Waals surface area contributed by atoms with Crippen molar-refractivity contribution in [2.45, 2.75) is 12.5 Å². The molecule has 2 aromatic heterocycles. The summed E-state index contributed by atoms with van der Waals surface area (Å²) >= 11 is 0. The molecule has 1 aliphatic heterocycles. The molecule has 0 saturated carbocycles. The van der Waals surface area contributed by atoms with Crippen molar-refractivity contribution >= 4 is 17.1 Å². The third kappa shape index (κ3) is 2.03. The van der Waals surface area contributed by atoms with Gasteiger partial charge in [0.05, 0.1) is 19.4 Å². The molecule has 3 heterocycles. The maximum atomic E-state index is 9.11. The lowest BCUT2D eigenvalue weighted by atomic mass is 10.4. The number of aliphatic hydroxyl groups excluding tert-OH is 1. The number of nitrogens with zero attached hydrogens (tertiary/aromatic N) is 5. The molecular formula is C11H15N5O3. The summed E-state index contributed by atoms with van der Waals surface area (Å²) in [6.07, 6.45) is 2.15. The van der Waals surface area contributed by atoms with E-state index in [2.05, 4.69) is 15.0 Å². The highest BCUT2D eigenvalue weighted by molar-refractivity contribution is 5.73. The Morgan fingerprint density at radius 3 is 3.05 bits per heavy atom. The van der Waals surface area contributed by atoms with Gasteiger partial charge in [0.15, 0.2) is 5.65 Å². The van der Waals surface area contributed by atoms with Gasteiger partial charge in [-0.1, -0.05) is 0 Å². The van der Waals surface area contributed by atoms with Crippen LogP contribution in [0.3, 0.4) is 0 Å². The van der Waals surface area contributed by atoms with Crippen LogP contribution in [0.5, 0.6) is 0 Å². The second-order valence-corrected chi connectivity index (χ2v) is 4.49. The first kappa shape index (κ1) is 12.3. The molecule has 0 amide bonds. The fourth-order valence-corrected chi connectivity index (χ4v) is 2.01. The number of fused-ring (bicyclic) bond motifs is 1. The lowest BCUT2D eigenvalue weighted by molar-refractivity contribution is -0.116. The quantitative estimate of drug-likeness (QED) is 0.819. The molecule has 0 spiro atoms. The average molecular weight is 265 g/mol. The first-order chi connectivity index (χ1) is 9.20. The number of aliphatic hydroxyl groups is 1. The van der Waals surface area contributed by atoms with E-state index < -0.39 is 6.41 Å². The highest BCUT2D eigenvalue weighted by Gasteiger charge is 2.31. The van der Waals surface area contributed by atoms with Crippen LogP contribution in [-0.4, -0.2) is 58.0 Å². The van der Waals surface area contributed by atoms with Crippen molar-refractivity contribution in [2.24, 2.45) is 0 Å². The van der Waals surface area contributed by atoms with Crippen LogP contribution in [0.25, 0.3) is 11.2 Å². The molecule has 102 valence electrons. The Kier molecular flexibility index (Phi) is 3.05. The molecule has 1 fully saturated rings. The zero-order valence-electron chi connectivity index (χ0n) is 10.7. The molecule has 8 nitrogen and oxygen atoms in total. The monoisotopic (exact) mass is 265 g/mol. The number of anilines is 1. The smallest absolute Gasteiger partial charge is 0.248 e. The third-order valence-corrected chi connectivity index (χ3v) is 2.88. The van der Waals surface area contributed by atoms with Crippen molar-refractivity contribution in [2.75, 3.05) is 32.2 Å². The van der Waals surface area contributed by atoms with Crippen molar-refractivity contribution in [1.82, 2.24) is 19.5 Å². The van der Waals surface area contributed by atoms with Crippen molar-refractivity contribution in [3.63, 3.8) is 0 Å². The highest BCUT2D eigenvalue weighted by Crippen LogP contribution is 2.29. The van der Waals surface area contributed by atoms with E-state index in [1.807, 2.05) is 19.0 Å². The minimum absolute atomic E-state index is 0.0740. The summed E-state index contributed by atoms with van der Waals surface area (Å²) < 4.78 is 12.9. The van der Waals surface area contributed by atoms with E-state index in [0.717, 1.165) is 0 Å². The molecule has 0 unspecified atom stereocenters. The Morgan fingerprint density at radius 1 is 1.53 bits per heavy atom. The van der Waals surface area contributed by atoms with Crippen molar-refractivity contribution in [1.29, 1.82) is 0 Å². The van der Waals surface area contributed by atoms with Crippen LogP contribution in [0, 0.1) is 0 Å². The molecule has 0 radical (unpaired) electrons.